The van der Waals surface area contributed by atoms with E-state index in [2.05, 4.69) is 25.4 Å². The highest BCUT2D eigenvalue weighted by molar-refractivity contribution is 7.19. The van der Waals surface area contributed by atoms with Crippen LogP contribution < -0.4 is 4.90 Å². The molecular weight excluding hydrogens is 334 g/mol. The number of pyridine rings is 1. The van der Waals surface area contributed by atoms with Gasteiger partial charge >= 0.3 is 6.03 Å². The quantitative estimate of drug-likeness (QED) is 0.773. The summed E-state index contributed by atoms with van der Waals surface area (Å²) in [6, 6.07) is 3.40. The van der Waals surface area contributed by atoms with E-state index in [1.165, 1.54) is 11.3 Å². The first-order valence-electron chi connectivity index (χ1n) is 8.15. The average molecular weight is 355 g/mol. The van der Waals surface area contributed by atoms with Gasteiger partial charge in [0.2, 0.25) is 5.78 Å². The van der Waals surface area contributed by atoms with Gasteiger partial charge in [-0.2, -0.15) is 0 Å². The molecular formula is C19H21N3O2S. The Labute approximate surface area is 151 Å². The Morgan fingerprint density at radius 2 is 2.12 bits per heavy atom. The highest BCUT2D eigenvalue weighted by Crippen LogP contribution is 2.45. The second kappa shape index (κ2) is 6.44. The monoisotopic (exact) mass is 355 g/mol. The lowest BCUT2D eigenvalue weighted by Gasteiger charge is -2.35. The summed E-state index contributed by atoms with van der Waals surface area (Å²) >= 11 is 1.36. The van der Waals surface area contributed by atoms with Gasteiger partial charge < -0.3 is 0 Å². The molecule has 2 aromatic rings. The van der Waals surface area contributed by atoms with Gasteiger partial charge in [-0.05, 0) is 30.5 Å². The molecule has 0 saturated carbocycles. The number of carbonyl (C=O) groups excluding carboxylic acids is 2. The number of rotatable bonds is 4. The Morgan fingerprint density at radius 1 is 1.40 bits per heavy atom. The molecule has 2 aromatic heterocycles. The fraction of sp³-hybridized carbons (Fsp3) is 0.316. The molecule has 1 aliphatic rings. The van der Waals surface area contributed by atoms with Crippen LogP contribution in [0.3, 0.4) is 0 Å². The zero-order chi connectivity index (χ0) is 18.3. The number of thiophene rings is 1. The van der Waals surface area contributed by atoms with Gasteiger partial charge in [-0.25, -0.2) is 4.79 Å². The molecule has 3 heterocycles. The van der Waals surface area contributed by atoms with E-state index in [0.29, 0.717) is 28.6 Å². The molecule has 3 rings (SSSR count). The number of hydrogen-bond donors (Lipinski definition) is 0. The molecule has 0 fully saturated rings. The van der Waals surface area contributed by atoms with Crippen LogP contribution in [0.4, 0.5) is 9.80 Å². The fourth-order valence-corrected chi connectivity index (χ4v) is 4.25. The molecule has 0 aliphatic carbocycles. The summed E-state index contributed by atoms with van der Waals surface area (Å²) in [7, 11) is 1.72. The molecule has 130 valence electrons. The van der Waals surface area contributed by atoms with Crippen molar-refractivity contribution in [2.75, 3.05) is 18.5 Å². The molecule has 0 spiro atoms. The van der Waals surface area contributed by atoms with Crippen molar-refractivity contribution >= 4 is 33.8 Å². The Hall–Kier alpha value is -2.47. The summed E-state index contributed by atoms with van der Waals surface area (Å²) in [6.07, 6.45) is 3.21. The molecule has 0 saturated heterocycles. The number of aromatic nitrogens is 1. The van der Waals surface area contributed by atoms with Crippen LogP contribution in [0.5, 0.6) is 0 Å². The SMILES string of the molecule is C=C1c2c(sc(C(=O)c3cccnc3)c2C)N(CC(C)C)C(=O)N1C. The lowest BCUT2D eigenvalue weighted by molar-refractivity contribution is 0.104. The number of hydrogen-bond acceptors (Lipinski definition) is 4. The molecule has 5 nitrogen and oxygen atoms in total. The standard InChI is InChI=1S/C19H21N3O2S/c1-11(2)10-22-18-15(13(4)21(5)19(22)24)12(3)17(25-18)16(23)14-7-6-8-20-9-14/h6-9,11H,4,10H2,1-3,5H3. The first kappa shape index (κ1) is 17.4. The number of amides is 2. The number of anilines is 1. The number of fused-ring (bicyclic) bond motifs is 1. The Morgan fingerprint density at radius 3 is 2.72 bits per heavy atom. The number of urea groups is 1. The molecule has 2 amide bonds. The Balaban J connectivity index is 2.13. The van der Waals surface area contributed by atoms with E-state index in [1.807, 2.05) is 6.92 Å². The number of ketones is 1. The second-order valence-corrected chi connectivity index (χ2v) is 7.60. The van der Waals surface area contributed by atoms with E-state index in [0.717, 1.165) is 16.1 Å². The summed E-state index contributed by atoms with van der Waals surface area (Å²) in [5.41, 5.74) is 2.94. The van der Waals surface area contributed by atoms with Crippen LogP contribution in [-0.2, 0) is 0 Å². The van der Waals surface area contributed by atoms with E-state index in [-0.39, 0.29) is 11.8 Å². The third-order valence-electron chi connectivity index (χ3n) is 4.26. The van der Waals surface area contributed by atoms with Gasteiger partial charge in [0.05, 0.1) is 4.88 Å². The lowest BCUT2D eigenvalue weighted by atomic mass is 10.0. The summed E-state index contributed by atoms with van der Waals surface area (Å²) < 4.78 is 0. The molecule has 25 heavy (non-hydrogen) atoms. The molecule has 0 N–H and O–H groups in total. The van der Waals surface area contributed by atoms with Crippen molar-refractivity contribution in [2.45, 2.75) is 20.8 Å². The maximum absolute atomic E-state index is 12.9. The zero-order valence-electron chi connectivity index (χ0n) is 14.9. The van der Waals surface area contributed by atoms with Gasteiger partial charge in [0.15, 0.2) is 0 Å². The van der Waals surface area contributed by atoms with Crippen molar-refractivity contribution in [2.24, 2.45) is 5.92 Å². The molecule has 1 aliphatic heterocycles. The first-order chi connectivity index (χ1) is 11.8. The normalized spacial score (nSPS) is 14.3. The summed E-state index contributed by atoms with van der Waals surface area (Å²) in [6.45, 7) is 10.7. The van der Waals surface area contributed by atoms with Gasteiger partial charge in [-0.15, -0.1) is 11.3 Å². The van der Waals surface area contributed by atoms with Gasteiger partial charge in [0.25, 0.3) is 0 Å². The van der Waals surface area contributed by atoms with E-state index in [4.69, 9.17) is 0 Å². The smallest absolute Gasteiger partial charge is 0.297 e. The van der Waals surface area contributed by atoms with Crippen LogP contribution in [-0.4, -0.2) is 35.3 Å². The van der Waals surface area contributed by atoms with Gasteiger partial charge in [-0.3, -0.25) is 19.6 Å². The topological polar surface area (TPSA) is 53.5 Å². The minimum absolute atomic E-state index is 0.0719. The third-order valence-corrected chi connectivity index (χ3v) is 5.58. The van der Waals surface area contributed by atoms with Crippen molar-refractivity contribution in [3.05, 3.63) is 52.7 Å². The predicted octanol–water partition coefficient (Wildman–Crippen LogP) is 4.18. The minimum atomic E-state index is -0.104. The lowest BCUT2D eigenvalue weighted by Crippen LogP contribution is -2.45. The van der Waals surface area contributed by atoms with Crippen molar-refractivity contribution in [3.63, 3.8) is 0 Å². The summed E-state index contributed by atoms with van der Waals surface area (Å²) in [4.78, 5) is 33.6. The highest BCUT2D eigenvalue weighted by atomic mass is 32.1. The van der Waals surface area contributed by atoms with Crippen molar-refractivity contribution in [1.82, 2.24) is 9.88 Å². The van der Waals surface area contributed by atoms with E-state index in [9.17, 15) is 9.59 Å². The van der Waals surface area contributed by atoms with E-state index < -0.39 is 0 Å². The number of carbonyl (C=O) groups is 2. The van der Waals surface area contributed by atoms with Crippen LogP contribution in [0.15, 0.2) is 31.1 Å². The van der Waals surface area contributed by atoms with Gasteiger partial charge in [-0.1, -0.05) is 20.4 Å². The van der Waals surface area contributed by atoms with E-state index in [1.54, 1.807) is 41.4 Å². The van der Waals surface area contributed by atoms with Crippen molar-refractivity contribution < 1.29 is 9.59 Å². The van der Waals surface area contributed by atoms with Crippen LogP contribution >= 0.6 is 11.3 Å². The maximum Gasteiger partial charge on any atom is 0.329 e. The molecule has 0 unspecified atom stereocenters. The summed E-state index contributed by atoms with van der Waals surface area (Å²) in [5.74, 6) is 0.244. The third kappa shape index (κ3) is 2.87. The van der Waals surface area contributed by atoms with Crippen LogP contribution in [0.1, 0.15) is 40.2 Å². The van der Waals surface area contributed by atoms with Crippen LogP contribution in [0.2, 0.25) is 0 Å². The largest absolute Gasteiger partial charge is 0.329 e. The Kier molecular flexibility index (Phi) is 4.47. The minimum Gasteiger partial charge on any atom is -0.297 e. The highest BCUT2D eigenvalue weighted by Gasteiger charge is 2.36. The summed E-state index contributed by atoms with van der Waals surface area (Å²) in [5, 5.41) is 0.812. The first-order valence-corrected chi connectivity index (χ1v) is 8.97. The van der Waals surface area contributed by atoms with Gasteiger partial charge in [0, 0.05) is 42.8 Å². The Bertz CT molecular complexity index is 855. The van der Waals surface area contributed by atoms with Crippen LogP contribution in [0.25, 0.3) is 5.70 Å². The number of nitrogens with zero attached hydrogens (tertiary/aromatic N) is 3. The molecule has 0 radical (unpaired) electrons. The average Bonchev–Trinajstić information content (AvgIpc) is 2.94. The van der Waals surface area contributed by atoms with Crippen molar-refractivity contribution in [3.8, 4) is 0 Å². The fourth-order valence-electron chi connectivity index (χ4n) is 2.95. The van der Waals surface area contributed by atoms with Crippen LogP contribution in [0, 0.1) is 12.8 Å². The molecule has 0 bridgehead atoms. The molecule has 6 heteroatoms. The zero-order valence-corrected chi connectivity index (χ0v) is 15.7. The van der Waals surface area contributed by atoms with E-state index >= 15 is 0 Å². The maximum atomic E-state index is 12.9. The second-order valence-electron chi connectivity index (χ2n) is 6.60. The predicted molar refractivity (Wildman–Crippen MR) is 101 cm³/mol. The van der Waals surface area contributed by atoms with Gasteiger partial charge in [0.1, 0.15) is 5.00 Å². The molecule has 0 aromatic carbocycles. The van der Waals surface area contributed by atoms with Crippen molar-refractivity contribution in [1.29, 1.82) is 0 Å². The molecule has 0 atom stereocenters.